The van der Waals surface area contributed by atoms with Crippen LogP contribution in [0.15, 0.2) is 45.5 Å². The van der Waals surface area contributed by atoms with Gasteiger partial charge in [-0.1, -0.05) is 0 Å². The molecule has 0 fully saturated rings. The van der Waals surface area contributed by atoms with Crippen LogP contribution in [0.5, 0.6) is 0 Å². The Balaban J connectivity index is 2.52. The van der Waals surface area contributed by atoms with Gasteiger partial charge in [0.05, 0.1) is 17.9 Å². The summed E-state index contributed by atoms with van der Waals surface area (Å²) in [6.07, 6.45) is 1.62. The second-order valence-electron chi connectivity index (χ2n) is 2.78. The van der Waals surface area contributed by atoms with Crippen molar-refractivity contribution in [3.63, 3.8) is 0 Å². The minimum atomic E-state index is 0.632. The third-order valence-electron chi connectivity index (χ3n) is 1.88. The van der Waals surface area contributed by atoms with E-state index >= 15 is 0 Å². The molecule has 0 radical (unpaired) electrons. The predicted octanol–water partition coefficient (Wildman–Crippen LogP) is 3.58. The number of hydrogen-bond acceptors (Lipinski definition) is 2. The summed E-state index contributed by atoms with van der Waals surface area (Å²) in [5, 5.41) is 8.69. The number of furan rings is 1. The largest absolute Gasteiger partial charge is 0.464 e. The quantitative estimate of drug-likeness (QED) is 0.773. The summed E-state index contributed by atoms with van der Waals surface area (Å²) in [4.78, 5) is 0. The molecular formula is C11H6BrNO. The van der Waals surface area contributed by atoms with Crippen LogP contribution >= 0.6 is 15.9 Å². The zero-order valence-electron chi connectivity index (χ0n) is 7.20. The number of hydrogen-bond donors (Lipinski definition) is 0. The molecule has 0 unspecified atom stereocenters. The Labute approximate surface area is 89.9 Å². The Kier molecular flexibility index (Phi) is 2.38. The first-order chi connectivity index (χ1) is 6.81. The summed E-state index contributed by atoms with van der Waals surface area (Å²) in [5.41, 5.74) is 1.58. The minimum absolute atomic E-state index is 0.632. The molecule has 0 saturated carbocycles. The number of benzene rings is 1. The number of halogens is 1. The maximum absolute atomic E-state index is 8.69. The molecule has 1 aromatic carbocycles. The van der Waals surface area contributed by atoms with Crippen molar-refractivity contribution in [3.05, 3.63) is 46.6 Å². The Morgan fingerprint density at radius 3 is 2.71 bits per heavy atom. The standard InChI is InChI=1S/C11H6BrNO/c12-10-6-8(7-13)3-4-9(10)11-2-1-5-14-11/h1-6H. The first kappa shape index (κ1) is 9.04. The van der Waals surface area contributed by atoms with Crippen molar-refractivity contribution >= 4 is 15.9 Å². The minimum Gasteiger partial charge on any atom is -0.464 e. The molecule has 2 nitrogen and oxygen atoms in total. The van der Waals surface area contributed by atoms with Crippen molar-refractivity contribution < 1.29 is 4.42 Å². The van der Waals surface area contributed by atoms with E-state index in [4.69, 9.17) is 9.68 Å². The number of rotatable bonds is 1. The SMILES string of the molecule is N#Cc1ccc(-c2ccco2)c(Br)c1. The third kappa shape index (κ3) is 1.57. The summed E-state index contributed by atoms with van der Waals surface area (Å²) in [6.45, 7) is 0. The zero-order chi connectivity index (χ0) is 9.97. The van der Waals surface area contributed by atoms with E-state index in [1.807, 2.05) is 18.2 Å². The summed E-state index contributed by atoms with van der Waals surface area (Å²) < 4.78 is 6.13. The first-order valence-electron chi connectivity index (χ1n) is 4.05. The van der Waals surface area contributed by atoms with Crippen LogP contribution < -0.4 is 0 Å². The lowest BCUT2D eigenvalue weighted by Crippen LogP contribution is -1.79. The molecule has 0 spiro atoms. The van der Waals surface area contributed by atoms with Crippen LogP contribution in [0.3, 0.4) is 0 Å². The summed E-state index contributed by atoms with van der Waals surface area (Å²) in [6, 6.07) is 11.2. The Bertz CT molecular complexity index is 482. The van der Waals surface area contributed by atoms with Crippen LogP contribution in [-0.2, 0) is 0 Å². The summed E-state index contributed by atoms with van der Waals surface area (Å²) >= 11 is 3.40. The molecular weight excluding hydrogens is 242 g/mol. The molecule has 2 rings (SSSR count). The maximum Gasteiger partial charge on any atom is 0.134 e. The lowest BCUT2D eigenvalue weighted by atomic mass is 10.1. The van der Waals surface area contributed by atoms with Crippen LogP contribution in [0, 0.1) is 11.3 Å². The average molecular weight is 248 g/mol. The van der Waals surface area contributed by atoms with E-state index in [0.717, 1.165) is 15.8 Å². The van der Waals surface area contributed by atoms with Gasteiger partial charge in [-0.05, 0) is 46.3 Å². The van der Waals surface area contributed by atoms with Crippen LogP contribution in [0.2, 0.25) is 0 Å². The second-order valence-corrected chi connectivity index (χ2v) is 3.64. The van der Waals surface area contributed by atoms with Crippen LogP contribution in [-0.4, -0.2) is 0 Å². The molecule has 1 heterocycles. The van der Waals surface area contributed by atoms with Crippen molar-refractivity contribution in [1.29, 1.82) is 5.26 Å². The van der Waals surface area contributed by atoms with Gasteiger partial charge in [-0.2, -0.15) is 5.26 Å². The van der Waals surface area contributed by atoms with E-state index in [1.165, 1.54) is 0 Å². The van der Waals surface area contributed by atoms with Crippen molar-refractivity contribution in [1.82, 2.24) is 0 Å². The molecule has 0 atom stereocenters. The fourth-order valence-electron chi connectivity index (χ4n) is 1.22. The highest BCUT2D eigenvalue weighted by Gasteiger charge is 2.05. The number of nitrogens with zero attached hydrogens (tertiary/aromatic N) is 1. The summed E-state index contributed by atoms with van der Waals surface area (Å²) in [7, 11) is 0. The number of nitriles is 1. The molecule has 14 heavy (non-hydrogen) atoms. The van der Waals surface area contributed by atoms with Gasteiger partial charge in [-0.3, -0.25) is 0 Å². The van der Waals surface area contributed by atoms with Gasteiger partial charge < -0.3 is 4.42 Å². The summed E-state index contributed by atoms with van der Waals surface area (Å²) in [5.74, 6) is 0.793. The molecule has 0 N–H and O–H groups in total. The van der Waals surface area contributed by atoms with E-state index in [-0.39, 0.29) is 0 Å². The maximum atomic E-state index is 8.69. The molecule has 0 bridgehead atoms. The van der Waals surface area contributed by atoms with Crippen LogP contribution in [0.25, 0.3) is 11.3 Å². The first-order valence-corrected chi connectivity index (χ1v) is 4.84. The molecule has 0 aliphatic rings. The van der Waals surface area contributed by atoms with E-state index in [9.17, 15) is 0 Å². The van der Waals surface area contributed by atoms with E-state index in [1.54, 1.807) is 18.4 Å². The molecule has 1 aromatic heterocycles. The third-order valence-corrected chi connectivity index (χ3v) is 2.54. The average Bonchev–Trinajstić information content (AvgIpc) is 2.70. The van der Waals surface area contributed by atoms with Crippen molar-refractivity contribution in [2.75, 3.05) is 0 Å². The molecule has 2 aromatic rings. The monoisotopic (exact) mass is 247 g/mol. The van der Waals surface area contributed by atoms with Gasteiger partial charge in [0, 0.05) is 10.0 Å². The lowest BCUT2D eigenvalue weighted by molar-refractivity contribution is 0.582. The van der Waals surface area contributed by atoms with Crippen LogP contribution in [0.1, 0.15) is 5.56 Å². The Hall–Kier alpha value is -1.53. The van der Waals surface area contributed by atoms with Gasteiger partial charge in [-0.15, -0.1) is 0 Å². The van der Waals surface area contributed by atoms with E-state index in [2.05, 4.69) is 22.0 Å². The van der Waals surface area contributed by atoms with Gasteiger partial charge in [0.25, 0.3) is 0 Å². The molecule has 0 aliphatic heterocycles. The predicted molar refractivity (Wildman–Crippen MR) is 56.6 cm³/mol. The normalized spacial score (nSPS) is 9.71. The molecule has 68 valence electrons. The fraction of sp³-hybridized carbons (Fsp3) is 0. The highest BCUT2D eigenvalue weighted by molar-refractivity contribution is 9.10. The van der Waals surface area contributed by atoms with Gasteiger partial charge in [-0.25, -0.2) is 0 Å². The Morgan fingerprint density at radius 2 is 2.14 bits per heavy atom. The van der Waals surface area contributed by atoms with E-state index in [0.29, 0.717) is 5.56 Å². The van der Waals surface area contributed by atoms with Crippen molar-refractivity contribution in [3.8, 4) is 17.4 Å². The van der Waals surface area contributed by atoms with Gasteiger partial charge in [0.2, 0.25) is 0 Å². The van der Waals surface area contributed by atoms with Gasteiger partial charge in [0.15, 0.2) is 0 Å². The lowest BCUT2D eigenvalue weighted by Gasteiger charge is -2.00. The molecule has 3 heteroatoms. The van der Waals surface area contributed by atoms with Crippen molar-refractivity contribution in [2.24, 2.45) is 0 Å². The smallest absolute Gasteiger partial charge is 0.134 e. The van der Waals surface area contributed by atoms with Gasteiger partial charge in [0.1, 0.15) is 5.76 Å². The molecule has 0 aliphatic carbocycles. The zero-order valence-corrected chi connectivity index (χ0v) is 8.78. The topological polar surface area (TPSA) is 36.9 Å². The fourth-order valence-corrected chi connectivity index (χ4v) is 1.79. The van der Waals surface area contributed by atoms with Crippen LogP contribution in [0.4, 0.5) is 0 Å². The Morgan fingerprint density at radius 1 is 1.29 bits per heavy atom. The van der Waals surface area contributed by atoms with E-state index < -0.39 is 0 Å². The molecule has 0 amide bonds. The van der Waals surface area contributed by atoms with Crippen molar-refractivity contribution in [2.45, 2.75) is 0 Å². The van der Waals surface area contributed by atoms with Gasteiger partial charge >= 0.3 is 0 Å². The molecule has 0 saturated heterocycles. The second kappa shape index (κ2) is 3.69. The highest BCUT2D eigenvalue weighted by Crippen LogP contribution is 2.29. The highest BCUT2D eigenvalue weighted by atomic mass is 79.9.